The van der Waals surface area contributed by atoms with Crippen LogP contribution in [0.1, 0.15) is 41.7 Å². The minimum atomic E-state index is 0.472. The minimum Gasteiger partial charge on any atom is -0.491 e. The van der Waals surface area contributed by atoms with Crippen molar-refractivity contribution in [3.8, 4) is 5.75 Å². The van der Waals surface area contributed by atoms with Crippen LogP contribution in [0.15, 0.2) is 18.5 Å². The molecule has 4 N–H and O–H groups in total. The third-order valence-electron chi connectivity index (χ3n) is 6.37. The molecular formula is C26H34N6O3S. The maximum Gasteiger partial charge on any atom is 0.209 e. The summed E-state index contributed by atoms with van der Waals surface area (Å²) in [6.45, 7) is 2.20. The number of aryl methyl sites for hydroxylation is 2. The van der Waals surface area contributed by atoms with E-state index in [9.17, 15) is 4.79 Å². The molecule has 2 aromatic heterocycles. The summed E-state index contributed by atoms with van der Waals surface area (Å²) in [5.41, 5.74) is 9.50. The number of thiophene rings is 1. The Bertz CT molecular complexity index is 1210. The van der Waals surface area contributed by atoms with E-state index in [4.69, 9.17) is 20.6 Å². The standard InChI is InChI=1S/C23H27N5O2S.C3H7NO/c24-11-15-9-18(19(10-17(15)25)30-12-14-5-7-29-8-6-14)28-22-21-16-3-1-2-4-20(16)31-23(21)27-13-26-22;1-4(2)3-5/h9-11,13-14,24H,1-8,12,25H2,(H,26,27,28);3H,1-2H3. The number of fused-ring (bicyclic) bond motifs is 3. The fourth-order valence-corrected chi connectivity index (χ4v) is 5.62. The van der Waals surface area contributed by atoms with Crippen molar-refractivity contribution >= 4 is 51.4 Å². The van der Waals surface area contributed by atoms with E-state index < -0.39 is 0 Å². The Balaban J connectivity index is 0.000000556. The molecule has 0 saturated carbocycles. The SMILES string of the molecule is CN(C)C=O.N=Cc1cc(Nc2ncnc3sc4c(c23)CCCC4)c(OCC2CCOCC2)cc1N. The van der Waals surface area contributed by atoms with Crippen LogP contribution in [0.2, 0.25) is 0 Å². The number of carbonyl (C=O) groups excluding carboxylic acids is 1. The Morgan fingerprint density at radius 3 is 2.72 bits per heavy atom. The first kappa shape index (κ1) is 25.8. The Kier molecular flexibility index (Phi) is 8.71. The molecule has 1 saturated heterocycles. The maximum atomic E-state index is 9.43. The number of nitrogens with zero attached hydrogens (tertiary/aromatic N) is 3. The number of aromatic nitrogens is 2. The van der Waals surface area contributed by atoms with Gasteiger partial charge in [0.2, 0.25) is 6.41 Å². The van der Waals surface area contributed by atoms with Gasteiger partial charge in [-0.15, -0.1) is 11.3 Å². The molecule has 1 amide bonds. The van der Waals surface area contributed by atoms with Gasteiger partial charge in [-0.1, -0.05) is 0 Å². The van der Waals surface area contributed by atoms with Crippen molar-refractivity contribution < 1.29 is 14.3 Å². The number of amides is 1. The number of nitrogens with one attached hydrogen (secondary N) is 2. The van der Waals surface area contributed by atoms with Crippen molar-refractivity contribution in [3.05, 3.63) is 34.5 Å². The third kappa shape index (κ3) is 6.11. The zero-order chi connectivity index (χ0) is 25.5. The number of nitrogens with two attached hydrogens (primary N) is 1. The van der Waals surface area contributed by atoms with E-state index >= 15 is 0 Å². The van der Waals surface area contributed by atoms with E-state index in [0.29, 0.717) is 29.5 Å². The van der Waals surface area contributed by atoms with Crippen LogP contribution in [0.5, 0.6) is 5.75 Å². The first-order valence-electron chi connectivity index (χ1n) is 12.3. The third-order valence-corrected chi connectivity index (χ3v) is 7.57. The second-order valence-electron chi connectivity index (χ2n) is 9.30. The molecule has 192 valence electrons. The Hall–Kier alpha value is -3.24. The number of nitrogen functional groups attached to an aromatic ring is 1. The molecule has 9 nitrogen and oxygen atoms in total. The number of ether oxygens (including phenoxy) is 2. The highest BCUT2D eigenvalue weighted by Crippen LogP contribution is 2.40. The summed E-state index contributed by atoms with van der Waals surface area (Å²) in [5.74, 6) is 1.95. The van der Waals surface area contributed by atoms with Crippen molar-refractivity contribution in [1.82, 2.24) is 14.9 Å². The molecular weight excluding hydrogens is 476 g/mol. The van der Waals surface area contributed by atoms with Crippen LogP contribution in [0, 0.1) is 11.3 Å². The molecule has 0 bridgehead atoms. The van der Waals surface area contributed by atoms with Crippen molar-refractivity contribution in [2.24, 2.45) is 5.92 Å². The minimum absolute atomic E-state index is 0.472. The van der Waals surface area contributed by atoms with Gasteiger partial charge in [-0.05, 0) is 56.1 Å². The lowest BCUT2D eigenvalue weighted by molar-refractivity contribution is -0.115. The van der Waals surface area contributed by atoms with E-state index in [1.54, 1.807) is 31.8 Å². The number of hydrogen-bond donors (Lipinski definition) is 3. The van der Waals surface area contributed by atoms with Crippen LogP contribution < -0.4 is 15.8 Å². The number of hydrogen-bond acceptors (Lipinski definition) is 9. The lowest BCUT2D eigenvalue weighted by Gasteiger charge is -2.23. The monoisotopic (exact) mass is 510 g/mol. The molecule has 0 radical (unpaired) electrons. The van der Waals surface area contributed by atoms with Gasteiger partial charge in [0.15, 0.2) is 0 Å². The molecule has 1 aliphatic heterocycles. The molecule has 0 atom stereocenters. The molecule has 3 aromatic rings. The van der Waals surface area contributed by atoms with E-state index in [-0.39, 0.29) is 0 Å². The van der Waals surface area contributed by atoms with Crippen molar-refractivity contribution in [1.29, 1.82) is 5.41 Å². The van der Waals surface area contributed by atoms with Gasteiger partial charge in [0.05, 0.1) is 17.7 Å². The molecule has 0 unspecified atom stereocenters. The molecule has 3 heterocycles. The van der Waals surface area contributed by atoms with Crippen LogP contribution in [0.4, 0.5) is 17.2 Å². The van der Waals surface area contributed by atoms with Crippen molar-refractivity contribution in [3.63, 3.8) is 0 Å². The molecule has 36 heavy (non-hydrogen) atoms. The first-order chi connectivity index (χ1) is 17.5. The Morgan fingerprint density at radius 1 is 1.25 bits per heavy atom. The fraction of sp³-hybridized carbons (Fsp3) is 0.462. The number of rotatable bonds is 7. The summed E-state index contributed by atoms with van der Waals surface area (Å²) in [6, 6.07) is 3.68. The number of benzene rings is 1. The molecule has 5 rings (SSSR count). The molecule has 1 aliphatic carbocycles. The number of carbonyl (C=O) groups is 1. The Morgan fingerprint density at radius 2 is 2.00 bits per heavy atom. The van der Waals surface area contributed by atoms with Crippen molar-refractivity contribution in [2.45, 2.75) is 38.5 Å². The van der Waals surface area contributed by atoms with Gasteiger partial charge in [-0.25, -0.2) is 9.97 Å². The summed E-state index contributed by atoms with van der Waals surface area (Å²) in [6.07, 6.45) is 10.3. The quantitative estimate of drug-likeness (QED) is 0.244. The van der Waals surface area contributed by atoms with Crippen LogP contribution in [0.3, 0.4) is 0 Å². The summed E-state index contributed by atoms with van der Waals surface area (Å²) in [4.78, 5) is 22.4. The molecule has 1 aromatic carbocycles. The first-order valence-corrected chi connectivity index (χ1v) is 13.1. The van der Waals surface area contributed by atoms with E-state index in [1.165, 1.54) is 34.4 Å². The zero-order valence-corrected chi connectivity index (χ0v) is 21.7. The number of anilines is 3. The normalized spacial score (nSPS) is 15.4. The van der Waals surface area contributed by atoms with Crippen LogP contribution >= 0.6 is 11.3 Å². The van der Waals surface area contributed by atoms with Gasteiger partial charge in [-0.3, -0.25) is 4.79 Å². The Labute approximate surface area is 215 Å². The summed E-state index contributed by atoms with van der Waals surface area (Å²) in [7, 11) is 3.38. The maximum absolute atomic E-state index is 9.43. The molecule has 0 spiro atoms. The lowest BCUT2D eigenvalue weighted by atomic mass is 9.97. The smallest absolute Gasteiger partial charge is 0.209 e. The highest BCUT2D eigenvalue weighted by molar-refractivity contribution is 7.19. The predicted molar refractivity (Wildman–Crippen MR) is 145 cm³/mol. The summed E-state index contributed by atoms with van der Waals surface area (Å²) >= 11 is 1.78. The fourth-order valence-electron chi connectivity index (χ4n) is 4.39. The summed E-state index contributed by atoms with van der Waals surface area (Å²) in [5, 5.41) is 12.3. The van der Waals surface area contributed by atoms with Gasteiger partial charge in [0, 0.05) is 55.7 Å². The molecule has 1 fully saturated rings. The van der Waals surface area contributed by atoms with Gasteiger partial charge in [0.1, 0.15) is 22.7 Å². The average molecular weight is 511 g/mol. The lowest BCUT2D eigenvalue weighted by Crippen LogP contribution is -2.21. The molecule has 10 heteroatoms. The predicted octanol–water partition coefficient (Wildman–Crippen LogP) is 4.40. The van der Waals surface area contributed by atoms with E-state index in [2.05, 4.69) is 15.3 Å². The second-order valence-corrected chi connectivity index (χ2v) is 10.4. The van der Waals surface area contributed by atoms with Gasteiger partial charge < -0.3 is 30.8 Å². The highest BCUT2D eigenvalue weighted by Gasteiger charge is 2.21. The molecule has 2 aliphatic rings. The van der Waals surface area contributed by atoms with Gasteiger partial charge in [0.25, 0.3) is 0 Å². The van der Waals surface area contributed by atoms with Crippen LogP contribution in [0.25, 0.3) is 10.2 Å². The summed E-state index contributed by atoms with van der Waals surface area (Å²) < 4.78 is 11.7. The van der Waals surface area contributed by atoms with E-state index in [1.807, 2.05) is 12.1 Å². The van der Waals surface area contributed by atoms with Gasteiger partial charge in [-0.2, -0.15) is 0 Å². The topological polar surface area (TPSA) is 126 Å². The van der Waals surface area contributed by atoms with Crippen LogP contribution in [-0.2, 0) is 22.4 Å². The van der Waals surface area contributed by atoms with Crippen LogP contribution in [-0.4, -0.2) is 61.4 Å². The van der Waals surface area contributed by atoms with Gasteiger partial charge >= 0.3 is 0 Å². The van der Waals surface area contributed by atoms with E-state index in [0.717, 1.165) is 67.0 Å². The zero-order valence-electron chi connectivity index (χ0n) is 20.9. The largest absolute Gasteiger partial charge is 0.491 e. The average Bonchev–Trinajstić information content (AvgIpc) is 3.29. The van der Waals surface area contributed by atoms with Crippen molar-refractivity contribution in [2.75, 3.05) is 45.0 Å². The highest BCUT2D eigenvalue weighted by atomic mass is 32.1. The second kappa shape index (κ2) is 12.1.